The summed E-state index contributed by atoms with van der Waals surface area (Å²) in [5.74, 6) is 0.263. The van der Waals surface area contributed by atoms with Gasteiger partial charge < -0.3 is 9.64 Å². The van der Waals surface area contributed by atoms with Gasteiger partial charge in [-0.25, -0.2) is 4.79 Å². The van der Waals surface area contributed by atoms with Gasteiger partial charge in [-0.3, -0.25) is 0 Å². The summed E-state index contributed by atoms with van der Waals surface area (Å²) in [7, 11) is 3.49. The molecule has 1 aliphatic heterocycles. The first-order chi connectivity index (χ1) is 5.72. The maximum atomic E-state index is 10.7. The minimum atomic E-state index is -0.260. The molecule has 0 saturated carbocycles. The van der Waals surface area contributed by atoms with Crippen LogP contribution in [0.25, 0.3) is 0 Å². The number of likely N-dealkylation sites (tertiary alicyclic amines) is 1. The zero-order valence-corrected chi connectivity index (χ0v) is 7.62. The predicted molar refractivity (Wildman–Crippen MR) is 46.8 cm³/mol. The molecular weight excluding hydrogens is 154 g/mol. The smallest absolute Gasteiger partial charge is 0.330 e. The fourth-order valence-corrected chi connectivity index (χ4v) is 1.41. The van der Waals surface area contributed by atoms with E-state index in [-0.39, 0.29) is 5.97 Å². The summed E-state index contributed by atoms with van der Waals surface area (Å²) in [6.45, 7) is 2.17. The van der Waals surface area contributed by atoms with Crippen molar-refractivity contribution in [3.63, 3.8) is 0 Å². The van der Waals surface area contributed by atoms with Gasteiger partial charge in [0.1, 0.15) is 0 Å². The molecule has 1 heterocycles. The largest absolute Gasteiger partial charge is 0.466 e. The molecule has 1 saturated heterocycles. The van der Waals surface area contributed by atoms with Gasteiger partial charge in [0.15, 0.2) is 0 Å². The maximum absolute atomic E-state index is 10.7. The number of carbonyl (C=O) groups is 1. The van der Waals surface area contributed by atoms with E-state index in [2.05, 4.69) is 16.7 Å². The zero-order valence-electron chi connectivity index (χ0n) is 7.62. The van der Waals surface area contributed by atoms with Gasteiger partial charge in [0.2, 0.25) is 0 Å². The van der Waals surface area contributed by atoms with Crippen LogP contribution in [0.2, 0.25) is 0 Å². The summed E-state index contributed by atoms with van der Waals surface area (Å²) in [4.78, 5) is 13.0. The quantitative estimate of drug-likeness (QED) is 0.449. The Hall–Kier alpha value is -0.830. The van der Waals surface area contributed by atoms with Crippen molar-refractivity contribution in [2.24, 2.45) is 5.92 Å². The van der Waals surface area contributed by atoms with E-state index < -0.39 is 0 Å². The van der Waals surface area contributed by atoms with Crippen molar-refractivity contribution in [2.45, 2.75) is 6.42 Å². The minimum absolute atomic E-state index is 0.260. The minimum Gasteiger partial charge on any atom is -0.466 e. The SMILES string of the molecule is COC(=O)/C=C\C1CCN(C)C1. The number of nitrogens with zero attached hydrogens (tertiary/aromatic N) is 1. The molecule has 0 bridgehead atoms. The van der Waals surface area contributed by atoms with Crippen LogP contribution in [0.3, 0.4) is 0 Å². The van der Waals surface area contributed by atoms with E-state index in [1.165, 1.54) is 13.2 Å². The third-order valence-corrected chi connectivity index (χ3v) is 2.13. The number of ether oxygens (including phenoxy) is 1. The Balaban J connectivity index is 2.31. The second-order valence-corrected chi connectivity index (χ2v) is 3.19. The van der Waals surface area contributed by atoms with E-state index in [0.29, 0.717) is 5.92 Å². The topological polar surface area (TPSA) is 29.5 Å². The van der Waals surface area contributed by atoms with Gasteiger partial charge in [-0.15, -0.1) is 0 Å². The Morgan fingerprint density at radius 3 is 2.92 bits per heavy atom. The summed E-state index contributed by atoms with van der Waals surface area (Å²) >= 11 is 0. The van der Waals surface area contributed by atoms with E-state index in [4.69, 9.17) is 0 Å². The van der Waals surface area contributed by atoms with Crippen molar-refractivity contribution in [1.29, 1.82) is 0 Å². The van der Waals surface area contributed by atoms with Gasteiger partial charge in [-0.2, -0.15) is 0 Å². The molecule has 1 atom stereocenters. The van der Waals surface area contributed by atoms with Gasteiger partial charge >= 0.3 is 5.97 Å². The molecule has 0 aromatic heterocycles. The summed E-state index contributed by atoms with van der Waals surface area (Å²) in [5.41, 5.74) is 0. The van der Waals surface area contributed by atoms with Crippen LogP contribution >= 0.6 is 0 Å². The highest BCUT2D eigenvalue weighted by Crippen LogP contribution is 2.15. The molecule has 3 heteroatoms. The second-order valence-electron chi connectivity index (χ2n) is 3.19. The molecule has 3 nitrogen and oxygen atoms in total. The summed E-state index contributed by atoms with van der Waals surface area (Å²) in [6, 6.07) is 0. The van der Waals surface area contributed by atoms with E-state index in [9.17, 15) is 4.79 Å². The van der Waals surface area contributed by atoms with Crippen LogP contribution in [0.1, 0.15) is 6.42 Å². The van der Waals surface area contributed by atoms with E-state index in [1.54, 1.807) is 0 Å². The summed E-state index contributed by atoms with van der Waals surface area (Å²) < 4.78 is 4.50. The third kappa shape index (κ3) is 2.66. The lowest BCUT2D eigenvalue weighted by Gasteiger charge is -2.04. The molecule has 0 amide bonds. The molecule has 0 aromatic carbocycles. The fraction of sp³-hybridized carbons (Fsp3) is 0.667. The molecule has 0 N–H and O–H groups in total. The molecule has 1 unspecified atom stereocenters. The molecule has 1 rings (SSSR count). The van der Waals surface area contributed by atoms with Crippen molar-refractivity contribution in [1.82, 2.24) is 4.90 Å². The molecule has 12 heavy (non-hydrogen) atoms. The van der Waals surface area contributed by atoms with E-state index in [1.807, 2.05) is 6.08 Å². The van der Waals surface area contributed by atoms with Crippen LogP contribution in [0.15, 0.2) is 12.2 Å². The summed E-state index contributed by atoms with van der Waals surface area (Å²) in [6.07, 6.45) is 4.60. The van der Waals surface area contributed by atoms with Crippen molar-refractivity contribution >= 4 is 5.97 Å². The predicted octanol–water partition coefficient (Wildman–Crippen LogP) is 0.667. The zero-order chi connectivity index (χ0) is 8.97. The highest BCUT2D eigenvalue weighted by atomic mass is 16.5. The van der Waals surface area contributed by atoms with Crippen molar-refractivity contribution in [3.05, 3.63) is 12.2 Å². The average Bonchev–Trinajstić information content (AvgIpc) is 2.47. The Kier molecular flexibility index (Phi) is 3.29. The monoisotopic (exact) mass is 169 g/mol. The Morgan fingerprint density at radius 2 is 2.42 bits per heavy atom. The summed E-state index contributed by atoms with van der Waals surface area (Å²) in [5, 5.41) is 0. The Morgan fingerprint density at radius 1 is 1.67 bits per heavy atom. The van der Waals surface area contributed by atoms with Gasteiger partial charge in [0.25, 0.3) is 0 Å². The Bertz CT molecular complexity index is 189. The molecule has 0 radical (unpaired) electrons. The number of hydrogen-bond acceptors (Lipinski definition) is 3. The van der Waals surface area contributed by atoms with Crippen LogP contribution in [0, 0.1) is 5.92 Å². The molecule has 0 aromatic rings. The van der Waals surface area contributed by atoms with Gasteiger partial charge in [-0.1, -0.05) is 6.08 Å². The lowest BCUT2D eigenvalue weighted by molar-refractivity contribution is -0.134. The van der Waals surface area contributed by atoms with Crippen LogP contribution in [0.4, 0.5) is 0 Å². The van der Waals surface area contributed by atoms with Crippen molar-refractivity contribution in [3.8, 4) is 0 Å². The normalized spacial score (nSPS) is 25.0. The van der Waals surface area contributed by atoms with Crippen LogP contribution < -0.4 is 0 Å². The molecule has 0 spiro atoms. The first-order valence-corrected chi connectivity index (χ1v) is 4.17. The van der Waals surface area contributed by atoms with Crippen LogP contribution in [0.5, 0.6) is 0 Å². The van der Waals surface area contributed by atoms with Crippen LogP contribution in [-0.4, -0.2) is 38.1 Å². The number of esters is 1. The van der Waals surface area contributed by atoms with Gasteiger partial charge in [0.05, 0.1) is 7.11 Å². The first-order valence-electron chi connectivity index (χ1n) is 4.17. The number of methoxy groups -OCH3 is 1. The van der Waals surface area contributed by atoms with Crippen LogP contribution in [-0.2, 0) is 9.53 Å². The lowest BCUT2D eigenvalue weighted by atomic mass is 10.1. The fourth-order valence-electron chi connectivity index (χ4n) is 1.41. The average molecular weight is 169 g/mol. The number of rotatable bonds is 2. The molecular formula is C9H15NO2. The lowest BCUT2D eigenvalue weighted by Crippen LogP contribution is -2.13. The highest BCUT2D eigenvalue weighted by molar-refractivity contribution is 5.81. The first kappa shape index (κ1) is 9.26. The number of hydrogen-bond donors (Lipinski definition) is 0. The van der Waals surface area contributed by atoms with E-state index in [0.717, 1.165) is 19.5 Å². The van der Waals surface area contributed by atoms with Crippen molar-refractivity contribution in [2.75, 3.05) is 27.2 Å². The second kappa shape index (κ2) is 4.26. The van der Waals surface area contributed by atoms with Gasteiger partial charge in [0, 0.05) is 12.6 Å². The highest BCUT2D eigenvalue weighted by Gasteiger charge is 2.16. The van der Waals surface area contributed by atoms with E-state index >= 15 is 0 Å². The molecule has 1 fully saturated rings. The molecule has 0 aliphatic carbocycles. The molecule has 68 valence electrons. The third-order valence-electron chi connectivity index (χ3n) is 2.13. The maximum Gasteiger partial charge on any atom is 0.330 e. The number of carbonyl (C=O) groups excluding carboxylic acids is 1. The standard InChI is InChI=1S/C9H15NO2/c1-10-6-5-8(7-10)3-4-9(11)12-2/h3-4,8H,5-7H2,1-2H3/b4-3-. The molecule has 1 aliphatic rings. The van der Waals surface area contributed by atoms with Crippen molar-refractivity contribution < 1.29 is 9.53 Å². The Labute approximate surface area is 73.0 Å². The van der Waals surface area contributed by atoms with Gasteiger partial charge in [-0.05, 0) is 25.9 Å².